The second kappa shape index (κ2) is 9.91. The van der Waals surface area contributed by atoms with Gasteiger partial charge in [-0.25, -0.2) is 0 Å². The summed E-state index contributed by atoms with van der Waals surface area (Å²) in [4.78, 5) is 27.1. The third kappa shape index (κ3) is 5.29. The number of amides is 2. The van der Waals surface area contributed by atoms with E-state index in [0.717, 1.165) is 5.69 Å². The molecule has 7 nitrogen and oxygen atoms in total. The monoisotopic (exact) mass is 430 g/mol. The van der Waals surface area contributed by atoms with Gasteiger partial charge < -0.3 is 15.0 Å². The van der Waals surface area contributed by atoms with E-state index >= 15 is 0 Å². The number of ether oxygens (including phenoxy) is 1. The van der Waals surface area contributed by atoms with E-state index in [0.29, 0.717) is 60.7 Å². The number of halogens is 1. The third-order valence-corrected chi connectivity index (χ3v) is 5.16. The van der Waals surface area contributed by atoms with Gasteiger partial charge in [0.2, 0.25) is 5.91 Å². The van der Waals surface area contributed by atoms with Crippen LogP contribution in [0, 0.1) is 12.8 Å². The van der Waals surface area contributed by atoms with E-state index in [-0.39, 0.29) is 11.8 Å². The maximum Gasteiger partial charge on any atom is 0.256 e. The Morgan fingerprint density at radius 3 is 2.67 bits per heavy atom. The number of nitrogens with zero attached hydrogens (tertiary/aromatic N) is 3. The largest absolute Gasteiger partial charge is 0.378 e. The van der Waals surface area contributed by atoms with Crippen LogP contribution in [0.1, 0.15) is 35.5 Å². The number of hydrogen-bond acceptors (Lipinski definition) is 4. The van der Waals surface area contributed by atoms with Crippen LogP contribution in [0.25, 0.3) is 6.08 Å². The van der Waals surface area contributed by atoms with Crippen molar-refractivity contribution >= 4 is 35.2 Å². The number of benzene rings is 1. The van der Waals surface area contributed by atoms with Crippen molar-refractivity contribution in [3.63, 3.8) is 0 Å². The van der Waals surface area contributed by atoms with Gasteiger partial charge in [0.25, 0.3) is 5.91 Å². The molecule has 1 N–H and O–H groups in total. The zero-order valence-electron chi connectivity index (χ0n) is 17.5. The van der Waals surface area contributed by atoms with Gasteiger partial charge in [0.05, 0.1) is 30.2 Å². The van der Waals surface area contributed by atoms with Crippen LogP contribution in [-0.2, 0) is 16.1 Å². The Hall–Kier alpha value is -2.64. The summed E-state index contributed by atoms with van der Waals surface area (Å²) in [6.45, 7) is 8.87. The Balaban J connectivity index is 1.73. The lowest BCUT2D eigenvalue weighted by Crippen LogP contribution is -2.41. The molecule has 1 fully saturated rings. The molecule has 30 heavy (non-hydrogen) atoms. The topological polar surface area (TPSA) is 76.5 Å². The number of aryl methyl sites for hydroxylation is 1. The average molecular weight is 431 g/mol. The summed E-state index contributed by atoms with van der Waals surface area (Å²) in [7, 11) is 0. The molecule has 0 spiro atoms. The average Bonchev–Trinajstić information content (AvgIpc) is 2.99. The van der Waals surface area contributed by atoms with E-state index in [2.05, 4.69) is 24.3 Å². The van der Waals surface area contributed by atoms with Gasteiger partial charge in [-0.05, 0) is 31.1 Å². The fourth-order valence-electron chi connectivity index (χ4n) is 3.27. The lowest BCUT2D eigenvalue weighted by atomic mass is 10.1. The van der Waals surface area contributed by atoms with Crippen LogP contribution in [0.3, 0.4) is 0 Å². The number of hydrogen-bond donors (Lipinski definition) is 1. The van der Waals surface area contributed by atoms with E-state index in [1.54, 1.807) is 39.9 Å². The summed E-state index contributed by atoms with van der Waals surface area (Å²) in [5, 5.41) is 7.75. The minimum atomic E-state index is -0.343. The number of carbonyl (C=O) groups excluding carboxylic acids is 2. The Bertz CT molecular complexity index is 946. The first-order valence-corrected chi connectivity index (χ1v) is 10.4. The fraction of sp³-hybridized carbons (Fsp3) is 0.409. The highest BCUT2D eigenvalue weighted by Crippen LogP contribution is 2.23. The molecule has 1 aliphatic rings. The second-order valence-electron chi connectivity index (χ2n) is 7.64. The smallest absolute Gasteiger partial charge is 0.256 e. The first-order chi connectivity index (χ1) is 14.4. The standard InChI is InChI=1S/C22H27ClN4O3/c1-15(2)14-27-21(23)17(16(3)25-27)8-9-20(28)24-19-7-5-4-6-18(19)22(29)26-10-12-30-13-11-26/h4-9,15H,10-14H2,1-3H3,(H,24,28)/b9-8+. The number of rotatable bonds is 6. The van der Waals surface area contributed by atoms with Crippen molar-refractivity contribution in [3.8, 4) is 0 Å². The molecule has 0 bridgehead atoms. The predicted molar refractivity (Wildman–Crippen MR) is 118 cm³/mol. The quantitative estimate of drug-likeness (QED) is 0.710. The molecular weight excluding hydrogens is 404 g/mol. The van der Waals surface area contributed by atoms with Crippen LogP contribution in [0.2, 0.25) is 5.15 Å². The molecule has 1 aromatic heterocycles. The Kier molecular flexibility index (Phi) is 7.29. The van der Waals surface area contributed by atoms with Gasteiger partial charge >= 0.3 is 0 Å². The molecule has 2 aromatic rings. The molecule has 0 unspecified atom stereocenters. The molecule has 1 saturated heterocycles. The molecular formula is C22H27ClN4O3. The van der Waals surface area contributed by atoms with Crippen LogP contribution in [0.4, 0.5) is 5.69 Å². The molecule has 2 amide bonds. The number of morpholine rings is 1. The van der Waals surface area contributed by atoms with Crippen LogP contribution < -0.4 is 5.32 Å². The number of para-hydroxylation sites is 1. The highest BCUT2D eigenvalue weighted by atomic mass is 35.5. The molecule has 1 aliphatic heterocycles. The van der Waals surface area contributed by atoms with Gasteiger partial charge in [-0.2, -0.15) is 5.10 Å². The molecule has 0 radical (unpaired) electrons. The zero-order valence-corrected chi connectivity index (χ0v) is 18.3. The van der Waals surface area contributed by atoms with Crippen LogP contribution >= 0.6 is 11.6 Å². The Labute approximate surface area is 181 Å². The van der Waals surface area contributed by atoms with E-state index < -0.39 is 0 Å². The van der Waals surface area contributed by atoms with E-state index in [1.165, 1.54) is 6.08 Å². The van der Waals surface area contributed by atoms with Crippen molar-refractivity contribution in [2.24, 2.45) is 5.92 Å². The summed E-state index contributed by atoms with van der Waals surface area (Å²) < 4.78 is 7.05. The summed E-state index contributed by atoms with van der Waals surface area (Å²) in [6.07, 6.45) is 3.06. The number of aromatic nitrogens is 2. The summed E-state index contributed by atoms with van der Waals surface area (Å²) in [5.74, 6) is -0.0567. The van der Waals surface area contributed by atoms with Crippen LogP contribution in [0.15, 0.2) is 30.3 Å². The van der Waals surface area contributed by atoms with Gasteiger partial charge in [-0.1, -0.05) is 37.6 Å². The van der Waals surface area contributed by atoms with E-state index in [4.69, 9.17) is 16.3 Å². The molecule has 2 heterocycles. The second-order valence-corrected chi connectivity index (χ2v) is 8.00. The normalized spacial score (nSPS) is 14.5. The zero-order chi connectivity index (χ0) is 21.7. The highest BCUT2D eigenvalue weighted by Gasteiger charge is 2.21. The molecule has 0 atom stereocenters. The van der Waals surface area contributed by atoms with Crippen molar-refractivity contribution in [1.29, 1.82) is 0 Å². The first kappa shape index (κ1) is 22.1. The third-order valence-electron chi connectivity index (χ3n) is 4.76. The van der Waals surface area contributed by atoms with Gasteiger partial charge in [0.1, 0.15) is 5.15 Å². The van der Waals surface area contributed by atoms with Gasteiger partial charge in [0.15, 0.2) is 0 Å². The lowest BCUT2D eigenvalue weighted by molar-refractivity contribution is -0.111. The molecule has 3 rings (SSSR count). The summed E-state index contributed by atoms with van der Waals surface area (Å²) in [5.41, 5.74) is 2.40. The van der Waals surface area contributed by atoms with Crippen molar-refractivity contribution in [3.05, 3.63) is 52.3 Å². The van der Waals surface area contributed by atoms with Gasteiger partial charge in [-0.3, -0.25) is 14.3 Å². The van der Waals surface area contributed by atoms with Crippen molar-refractivity contribution < 1.29 is 14.3 Å². The number of anilines is 1. The highest BCUT2D eigenvalue weighted by molar-refractivity contribution is 6.31. The Morgan fingerprint density at radius 1 is 1.27 bits per heavy atom. The number of carbonyl (C=O) groups is 2. The van der Waals surface area contributed by atoms with Gasteiger partial charge in [0, 0.05) is 31.3 Å². The molecule has 160 valence electrons. The predicted octanol–water partition coefficient (Wildman–Crippen LogP) is 3.63. The van der Waals surface area contributed by atoms with Crippen molar-refractivity contribution in [1.82, 2.24) is 14.7 Å². The summed E-state index contributed by atoms with van der Waals surface area (Å²) >= 11 is 6.43. The number of nitrogens with one attached hydrogen (secondary N) is 1. The maximum atomic E-state index is 12.8. The lowest BCUT2D eigenvalue weighted by Gasteiger charge is -2.27. The summed E-state index contributed by atoms with van der Waals surface area (Å²) in [6, 6.07) is 7.00. The Morgan fingerprint density at radius 2 is 1.97 bits per heavy atom. The van der Waals surface area contributed by atoms with E-state index in [9.17, 15) is 9.59 Å². The minimum Gasteiger partial charge on any atom is -0.378 e. The van der Waals surface area contributed by atoms with Crippen molar-refractivity contribution in [2.75, 3.05) is 31.6 Å². The molecule has 1 aromatic carbocycles. The van der Waals surface area contributed by atoms with Crippen molar-refractivity contribution in [2.45, 2.75) is 27.3 Å². The molecule has 8 heteroatoms. The molecule has 0 aliphatic carbocycles. The fourth-order valence-corrected chi connectivity index (χ4v) is 3.58. The maximum absolute atomic E-state index is 12.8. The first-order valence-electron chi connectivity index (χ1n) is 10.0. The SMILES string of the molecule is Cc1nn(CC(C)C)c(Cl)c1/C=C/C(=O)Nc1ccccc1C(=O)N1CCOCC1. The molecule has 0 saturated carbocycles. The minimum absolute atomic E-state index is 0.118. The van der Waals surface area contributed by atoms with Crippen LogP contribution in [0.5, 0.6) is 0 Å². The van der Waals surface area contributed by atoms with Crippen LogP contribution in [-0.4, -0.2) is 52.8 Å². The van der Waals surface area contributed by atoms with E-state index in [1.807, 2.05) is 6.92 Å². The van der Waals surface area contributed by atoms with Gasteiger partial charge in [-0.15, -0.1) is 0 Å².